The number of nitrogens with one attached hydrogen (secondary N) is 2. The Morgan fingerprint density at radius 3 is 2.80 bits per heavy atom. The second-order valence-corrected chi connectivity index (χ2v) is 8.26. The number of thioether (sulfide) groups is 1. The van der Waals surface area contributed by atoms with Crippen LogP contribution in [0.1, 0.15) is 22.3 Å². The van der Waals surface area contributed by atoms with Crippen molar-refractivity contribution in [3.8, 4) is 6.07 Å². The van der Waals surface area contributed by atoms with Crippen LogP contribution in [0, 0.1) is 25.2 Å². The molecule has 0 fully saturated rings. The molecule has 5 nitrogen and oxygen atoms in total. The van der Waals surface area contributed by atoms with E-state index in [1.807, 2.05) is 56.4 Å². The molecule has 0 saturated heterocycles. The maximum atomic E-state index is 12.3. The third-order valence-corrected chi connectivity index (χ3v) is 6.21. The summed E-state index contributed by atoms with van der Waals surface area (Å²) < 4.78 is 0. The van der Waals surface area contributed by atoms with Gasteiger partial charge in [0, 0.05) is 29.0 Å². The Balaban J connectivity index is 1.39. The fourth-order valence-electron chi connectivity index (χ4n) is 3.57. The summed E-state index contributed by atoms with van der Waals surface area (Å²) in [6.07, 6.45) is 2.75. The first-order valence-electron chi connectivity index (χ1n) is 9.82. The van der Waals surface area contributed by atoms with Gasteiger partial charge in [-0.2, -0.15) is 5.26 Å². The largest absolute Gasteiger partial charge is 0.361 e. The Morgan fingerprint density at radius 2 is 1.97 bits per heavy atom. The maximum Gasteiger partial charge on any atom is 0.230 e. The second-order valence-electron chi connectivity index (χ2n) is 7.30. The second kappa shape index (κ2) is 8.60. The summed E-state index contributed by atoms with van der Waals surface area (Å²) in [5.74, 6) is 0.165. The minimum Gasteiger partial charge on any atom is -0.361 e. The molecule has 0 aliphatic rings. The van der Waals surface area contributed by atoms with E-state index in [0.717, 1.165) is 34.0 Å². The summed E-state index contributed by atoms with van der Waals surface area (Å²) in [7, 11) is 0. The zero-order valence-electron chi connectivity index (χ0n) is 17.0. The van der Waals surface area contributed by atoms with Gasteiger partial charge in [-0.1, -0.05) is 42.1 Å². The Kier molecular flexibility index (Phi) is 5.73. The molecule has 0 aliphatic carbocycles. The first kappa shape index (κ1) is 20.0. The number of nitriles is 1. The van der Waals surface area contributed by atoms with Crippen molar-refractivity contribution in [3.63, 3.8) is 0 Å². The van der Waals surface area contributed by atoms with Crippen LogP contribution in [0.4, 0.5) is 0 Å². The van der Waals surface area contributed by atoms with Crippen LogP contribution in [0.2, 0.25) is 0 Å². The number of hydrogen-bond donors (Lipinski definition) is 2. The smallest absolute Gasteiger partial charge is 0.230 e. The molecule has 4 aromatic rings. The van der Waals surface area contributed by atoms with Gasteiger partial charge in [-0.15, -0.1) is 0 Å². The third kappa shape index (κ3) is 4.03. The summed E-state index contributed by atoms with van der Waals surface area (Å²) in [5.41, 5.74) is 5.83. The first-order chi connectivity index (χ1) is 14.6. The number of nitrogens with zero attached hydrogens (tertiary/aromatic N) is 2. The molecule has 0 spiro atoms. The summed E-state index contributed by atoms with van der Waals surface area (Å²) in [5, 5.41) is 15.3. The molecule has 150 valence electrons. The number of carbonyl (C=O) groups is 1. The van der Waals surface area contributed by atoms with E-state index < -0.39 is 0 Å². The number of fused-ring (bicyclic) bond motifs is 2. The van der Waals surface area contributed by atoms with Gasteiger partial charge in [-0.25, -0.2) is 4.98 Å². The SMILES string of the molecule is Cc1ccc(C)c2nc(SCC(=O)NCCc3c[nH]c4ccccc34)c(C#N)cc12. The molecule has 2 aromatic carbocycles. The van der Waals surface area contributed by atoms with E-state index in [1.165, 1.54) is 22.7 Å². The molecule has 0 atom stereocenters. The Bertz CT molecular complexity index is 1290. The van der Waals surface area contributed by atoms with Gasteiger partial charge in [-0.3, -0.25) is 4.79 Å². The van der Waals surface area contributed by atoms with E-state index >= 15 is 0 Å². The predicted molar refractivity (Wildman–Crippen MR) is 122 cm³/mol. The molecule has 0 bridgehead atoms. The molecule has 0 aliphatic heterocycles. The van der Waals surface area contributed by atoms with Gasteiger partial charge in [0.15, 0.2) is 0 Å². The summed E-state index contributed by atoms with van der Waals surface area (Å²) >= 11 is 1.31. The van der Waals surface area contributed by atoms with Crippen molar-refractivity contribution in [2.75, 3.05) is 12.3 Å². The van der Waals surface area contributed by atoms with Crippen LogP contribution < -0.4 is 5.32 Å². The summed E-state index contributed by atoms with van der Waals surface area (Å²) in [4.78, 5) is 20.3. The van der Waals surface area contributed by atoms with Crippen LogP contribution >= 0.6 is 11.8 Å². The lowest BCUT2D eigenvalue weighted by Gasteiger charge is -2.10. The standard InChI is InChI=1S/C24H22N4OS/c1-15-7-8-16(2)23-20(15)11-18(12-25)24(28-23)30-14-22(29)26-10-9-17-13-27-21-6-4-3-5-19(17)21/h3-8,11,13,27H,9-10,14H2,1-2H3,(H,26,29). The maximum absolute atomic E-state index is 12.3. The highest BCUT2D eigenvalue weighted by Crippen LogP contribution is 2.28. The number of aromatic nitrogens is 2. The number of benzene rings is 2. The lowest BCUT2D eigenvalue weighted by molar-refractivity contribution is -0.118. The van der Waals surface area contributed by atoms with Crippen molar-refractivity contribution < 1.29 is 4.79 Å². The topological polar surface area (TPSA) is 81.6 Å². The molecule has 0 unspecified atom stereocenters. The van der Waals surface area contributed by atoms with Crippen LogP contribution in [0.15, 0.2) is 53.7 Å². The predicted octanol–water partition coefficient (Wildman–Crippen LogP) is 4.66. The van der Waals surface area contributed by atoms with Crippen LogP contribution in [-0.4, -0.2) is 28.2 Å². The Labute approximate surface area is 179 Å². The number of amides is 1. The lowest BCUT2D eigenvalue weighted by atomic mass is 10.0. The number of para-hydroxylation sites is 1. The molecule has 4 rings (SSSR count). The average Bonchev–Trinajstić information content (AvgIpc) is 3.17. The zero-order chi connectivity index (χ0) is 21.1. The third-order valence-electron chi connectivity index (χ3n) is 5.22. The Hall–Kier alpha value is -3.30. The highest BCUT2D eigenvalue weighted by atomic mass is 32.2. The van der Waals surface area contributed by atoms with Crippen LogP contribution in [0.3, 0.4) is 0 Å². The van der Waals surface area contributed by atoms with Gasteiger partial charge in [0.2, 0.25) is 5.91 Å². The molecule has 2 N–H and O–H groups in total. The van der Waals surface area contributed by atoms with E-state index in [-0.39, 0.29) is 11.7 Å². The van der Waals surface area contributed by atoms with E-state index in [4.69, 9.17) is 0 Å². The van der Waals surface area contributed by atoms with Gasteiger partial charge in [0.1, 0.15) is 11.1 Å². The Morgan fingerprint density at radius 1 is 1.17 bits per heavy atom. The molecule has 0 radical (unpaired) electrons. The first-order valence-corrected chi connectivity index (χ1v) is 10.8. The highest BCUT2D eigenvalue weighted by molar-refractivity contribution is 8.00. The van der Waals surface area contributed by atoms with Crippen molar-refractivity contribution in [2.45, 2.75) is 25.3 Å². The minimum atomic E-state index is -0.0633. The molecule has 2 heterocycles. The van der Waals surface area contributed by atoms with E-state index in [9.17, 15) is 10.1 Å². The van der Waals surface area contributed by atoms with Crippen molar-refractivity contribution in [2.24, 2.45) is 0 Å². The highest BCUT2D eigenvalue weighted by Gasteiger charge is 2.12. The fraction of sp³-hybridized carbons (Fsp3) is 0.208. The molecule has 2 aromatic heterocycles. The van der Waals surface area contributed by atoms with Crippen molar-refractivity contribution in [1.82, 2.24) is 15.3 Å². The van der Waals surface area contributed by atoms with Crippen molar-refractivity contribution in [3.05, 3.63) is 70.9 Å². The van der Waals surface area contributed by atoms with Crippen LogP contribution in [0.5, 0.6) is 0 Å². The van der Waals surface area contributed by atoms with E-state index in [1.54, 1.807) is 0 Å². The molecule has 30 heavy (non-hydrogen) atoms. The molecule has 0 saturated carbocycles. The van der Waals surface area contributed by atoms with Crippen LogP contribution in [-0.2, 0) is 11.2 Å². The van der Waals surface area contributed by atoms with Gasteiger partial charge in [-0.05, 0) is 49.1 Å². The summed E-state index contributed by atoms with van der Waals surface area (Å²) in [6, 6.07) is 16.3. The van der Waals surface area contributed by atoms with E-state index in [2.05, 4.69) is 27.4 Å². The fourth-order valence-corrected chi connectivity index (χ4v) is 4.35. The molecule has 6 heteroatoms. The lowest BCUT2D eigenvalue weighted by Crippen LogP contribution is -2.27. The monoisotopic (exact) mass is 414 g/mol. The average molecular weight is 415 g/mol. The van der Waals surface area contributed by atoms with Gasteiger partial charge >= 0.3 is 0 Å². The number of aromatic amines is 1. The van der Waals surface area contributed by atoms with Crippen molar-refractivity contribution in [1.29, 1.82) is 5.26 Å². The van der Waals surface area contributed by atoms with Gasteiger partial charge in [0.25, 0.3) is 0 Å². The molecular formula is C24H22N4OS. The molecular weight excluding hydrogens is 392 g/mol. The number of rotatable bonds is 6. The normalized spacial score (nSPS) is 11.0. The zero-order valence-corrected chi connectivity index (χ0v) is 17.8. The minimum absolute atomic E-state index is 0.0633. The van der Waals surface area contributed by atoms with Gasteiger partial charge in [0.05, 0.1) is 16.8 Å². The summed E-state index contributed by atoms with van der Waals surface area (Å²) in [6.45, 7) is 4.58. The number of hydrogen-bond acceptors (Lipinski definition) is 4. The van der Waals surface area contributed by atoms with Gasteiger partial charge < -0.3 is 10.3 Å². The van der Waals surface area contributed by atoms with E-state index in [0.29, 0.717) is 17.1 Å². The van der Waals surface area contributed by atoms with Crippen LogP contribution in [0.25, 0.3) is 21.8 Å². The molecule has 1 amide bonds. The quantitative estimate of drug-likeness (QED) is 0.450. The van der Waals surface area contributed by atoms with Crippen molar-refractivity contribution >= 4 is 39.5 Å². The number of H-pyrrole nitrogens is 1. The number of pyridine rings is 1. The number of carbonyl (C=O) groups excluding carboxylic acids is 1. The number of aryl methyl sites for hydroxylation is 2.